The van der Waals surface area contributed by atoms with Gasteiger partial charge >= 0.3 is 0 Å². The monoisotopic (exact) mass is 244 g/mol. The average Bonchev–Trinajstić information content (AvgIpc) is 2.81. The lowest BCUT2D eigenvalue weighted by molar-refractivity contribution is 0.154. The predicted octanol–water partition coefficient (Wildman–Crippen LogP) is 2.46. The number of likely N-dealkylation sites (tertiary alicyclic amines) is 1. The SMILES string of the molecule is CCN1CCCCC1c1cn2cc(N)ccc2n1. The molecule has 1 aliphatic heterocycles. The summed E-state index contributed by atoms with van der Waals surface area (Å²) < 4.78 is 2.03. The van der Waals surface area contributed by atoms with Crippen LogP contribution >= 0.6 is 0 Å². The average molecular weight is 244 g/mol. The van der Waals surface area contributed by atoms with Gasteiger partial charge in [-0.15, -0.1) is 0 Å². The molecular formula is C14H20N4. The number of piperidine rings is 1. The molecule has 0 amide bonds. The molecule has 1 saturated heterocycles. The van der Waals surface area contributed by atoms with Gasteiger partial charge in [-0.3, -0.25) is 4.90 Å². The van der Waals surface area contributed by atoms with E-state index in [-0.39, 0.29) is 0 Å². The van der Waals surface area contributed by atoms with Crippen molar-refractivity contribution >= 4 is 11.3 Å². The van der Waals surface area contributed by atoms with Crippen LogP contribution < -0.4 is 5.73 Å². The number of fused-ring (bicyclic) bond motifs is 1. The van der Waals surface area contributed by atoms with E-state index in [1.165, 1.54) is 31.5 Å². The van der Waals surface area contributed by atoms with Gasteiger partial charge in [-0.05, 0) is 38.1 Å². The first-order valence-corrected chi connectivity index (χ1v) is 6.76. The van der Waals surface area contributed by atoms with Crippen LogP contribution in [0.15, 0.2) is 24.5 Å². The first-order chi connectivity index (χ1) is 8.78. The molecule has 1 fully saturated rings. The van der Waals surface area contributed by atoms with Gasteiger partial charge in [-0.25, -0.2) is 4.98 Å². The number of nitrogens with zero attached hydrogens (tertiary/aromatic N) is 3. The molecular weight excluding hydrogens is 224 g/mol. The molecule has 3 rings (SSSR count). The highest BCUT2D eigenvalue weighted by Crippen LogP contribution is 2.30. The molecule has 0 saturated carbocycles. The molecule has 3 heterocycles. The summed E-state index contributed by atoms with van der Waals surface area (Å²) in [6, 6.07) is 4.37. The van der Waals surface area contributed by atoms with Crippen LogP contribution in [-0.2, 0) is 0 Å². The highest BCUT2D eigenvalue weighted by molar-refractivity contribution is 5.48. The Kier molecular flexibility index (Phi) is 2.96. The zero-order valence-electron chi connectivity index (χ0n) is 10.8. The van der Waals surface area contributed by atoms with Crippen molar-refractivity contribution in [1.82, 2.24) is 14.3 Å². The minimum absolute atomic E-state index is 0.477. The number of aromatic nitrogens is 2. The van der Waals surface area contributed by atoms with E-state index in [0.29, 0.717) is 6.04 Å². The van der Waals surface area contributed by atoms with Crippen LogP contribution in [0.5, 0.6) is 0 Å². The number of pyridine rings is 1. The lowest BCUT2D eigenvalue weighted by Gasteiger charge is -2.33. The van der Waals surface area contributed by atoms with Crippen LogP contribution in [-0.4, -0.2) is 27.4 Å². The number of hydrogen-bond acceptors (Lipinski definition) is 3. The van der Waals surface area contributed by atoms with Gasteiger partial charge in [0.25, 0.3) is 0 Å². The van der Waals surface area contributed by atoms with Crippen molar-refractivity contribution in [3.63, 3.8) is 0 Å². The smallest absolute Gasteiger partial charge is 0.137 e. The summed E-state index contributed by atoms with van der Waals surface area (Å²) in [6.45, 7) is 4.52. The largest absolute Gasteiger partial charge is 0.398 e. The Balaban J connectivity index is 1.97. The molecule has 2 aromatic rings. The van der Waals surface area contributed by atoms with Crippen LogP contribution in [0.1, 0.15) is 37.9 Å². The minimum Gasteiger partial charge on any atom is -0.398 e. The van der Waals surface area contributed by atoms with E-state index in [9.17, 15) is 0 Å². The Hall–Kier alpha value is -1.55. The van der Waals surface area contributed by atoms with Gasteiger partial charge in [0.2, 0.25) is 0 Å². The molecule has 0 spiro atoms. The summed E-state index contributed by atoms with van der Waals surface area (Å²) in [6.07, 6.45) is 7.89. The van der Waals surface area contributed by atoms with E-state index in [0.717, 1.165) is 17.9 Å². The van der Waals surface area contributed by atoms with Crippen molar-refractivity contribution in [2.45, 2.75) is 32.2 Å². The summed E-state index contributed by atoms with van der Waals surface area (Å²) in [5, 5.41) is 0. The molecule has 1 aliphatic rings. The minimum atomic E-state index is 0.477. The number of nitrogen functional groups attached to an aromatic ring is 1. The van der Waals surface area contributed by atoms with Gasteiger partial charge in [0, 0.05) is 18.1 Å². The van der Waals surface area contributed by atoms with Gasteiger partial charge in [-0.2, -0.15) is 0 Å². The summed E-state index contributed by atoms with van der Waals surface area (Å²) in [5.74, 6) is 0. The number of imidazole rings is 1. The van der Waals surface area contributed by atoms with Crippen molar-refractivity contribution in [3.05, 3.63) is 30.2 Å². The fourth-order valence-electron chi connectivity index (χ4n) is 2.89. The maximum Gasteiger partial charge on any atom is 0.137 e. The lowest BCUT2D eigenvalue weighted by atomic mass is 10.00. The van der Waals surface area contributed by atoms with Crippen molar-refractivity contribution in [3.8, 4) is 0 Å². The van der Waals surface area contributed by atoms with Crippen LogP contribution in [0.4, 0.5) is 5.69 Å². The third-order valence-electron chi connectivity index (χ3n) is 3.85. The second-order valence-corrected chi connectivity index (χ2v) is 5.03. The number of rotatable bonds is 2. The van der Waals surface area contributed by atoms with Crippen molar-refractivity contribution in [2.24, 2.45) is 0 Å². The fraction of sp³-hybridized carbons (Fsp3) is 0.500. The Morgan fingerprint density at radius 3 is 3.06 bits per heavy atom. The van der Waals surface area contributed by atoms with Gasteiger partial charge in [-0.1, -0.05) is 13.3 Å². The summed E-state index contributed by atoms with van der Waals surface area (Å²) in [7, 11) is 0. The van der Waals surface area contributed by atoms with E-state index in [2.05, 4.69) is 18.0 Å². The number of nitrogens with two attached hydrogens (primary N) is 1. The highest BCUT2D eigenvalue weighted by atomic mass is 15.2. The molecule has 2 N–H and O–H groups in total. The first-order valence-electron chi connectivity index (χ1n) is 6.76. The lowest BCUT2D eigenvalue weighted by Crippen LogP contribution is -2.33. The molecule has 0 bridgehead atoms. The molecule has 0 aromatic carbocycles. The summed E-state index contributed by atoms with van der Waals surface area (Å²) in [5.41, 5.74) is 8.76. The second kappa shape index (κ2) is 4.61. The van der Waals surface area contributed by atoms with Crippen molar-refractivity contribution in [1.29, 1.82) is 0 Å². The molecule has 4 nitrogen and oxygen atoms in total. The van der Waals surface area contributed by atoms with E-state index in [4.69, 9.17) is 10.7 Å². The molecule has 0 radical (unpaired) electrons. The van der Waals surface area contributed by atoms with Gasteiger partial charge < -0.3 is 10.1 Å². The maximum atomic E-state index is 5.81. The standard InChI is InChI=1S/C14H20N4/c1-2-17-8-4-3-5-13(17)12-10-18-9-11(15)6-7-14(18)16-12/h6-7,9-10,13H,2-5,8,15H2,1H3. The topological polar surface area (TPSA) is 46.6 Å². The quantitative estimate of drug-likeness (QED) is 0.882. The van der Waals surface area contributed by atoms with Gasteiger partial charge in [0.1, 0.15) is 5.65 Å². The van der Waals surface area contributed by atoms with Crippen LogP contribution in [0, 0.1) is 0 Å². The first kappa shape index (κ1) is 11.5. The zero-order valence-corrected chi connectivity index (χ0v) is 10.8. The van der Waals surface area contributed by atoms with E-state index >= 15 is 0 Å². The molecule has 4 heteroatoms. The third-order valence-corrected chi connectivity index (χ3v) is 3.85. The molecule has 2 aromatic heterocycles. The van der Waals surface area contributed by atoms with Gasteiger partial charge in [0.05, 0.1) is 11.7 Å². The van der Waals surface area contributed by atoms with Crippen molar-refractivity contribution in [2.75, 3.05) is 18.8 Å². The number of anilines is 1. The number of hydrogen-bond donors (Lipinski definition) is 1. The van der Waals surface area contributed by atoms with E-state index < -0.39 is 0 Å². The van der Waals surface area contributed by atoms with Crippen LogP contribution in [0.25, 0.3) is 5.65 Å². The molecule has 1 atom stereocenters. The fourth-order valence-corrected chi connectivity index (χ4v) is 2.89. The second-order valence-electron chi connectivity index (χ2n) is 5.03. The van der Waals surface area contributed by atoms with E-state index in [1.807, 2.05) is 22.7 Å². The molecule has 96 valence electrons. The third kappa shape index (κ3) is 1.97. The van der Waals surface area contributed by atoms with Gasteiger partial charge in [0.15, 0.2) is 0 Å². The highest BCUT2D eigenvalue weighted by Gasteiger charge is 2.24. The normalized spacial score (nSPS) is 21.5. The van der Waals surface area contributed by atoms with E-state index in [1.54, 1.807) is 0 Å². The van der Waals surface area contributed by atoms with Crippen molar-refractivity contribution < 1.29 is 0 Å². The molecule has 0 aliphatic carbocycles. The zero-order chi connectivity index (χ0) is 12.5. The summed E-state index contributed by atoms with van der Waals surface area (Å²) >= 11 is 0. The van der Waals surface area contributed by atoms with Crippen LogP contribution in [0.2, 0.25) is 0 Å². The Bertz CT molecular complexity index is 546. The Morgan fingerprint density at radius 1 is 1.33 bits per heavy atom. The molecule has 1 unspecified atom stereocenters. The Morgan fingerprint density at radius 2 is 2.22 bits per heavy atom. The maximum absolute atomic E-state index is 5.81. The van der Waals surface area contributed by atoms with Crippen LogP contribution in [0.3, 0.4) is 0 Å². The predicted molar refractivity (Wildman–Crippen MR) is 73.4 cm³/mol. The summed E-state index contributed by atoms with van der Waals surface area (Å²) in [4.78, 5) is 7.26. The Labute approximate surface area is 107 Å². The molecule has 18 heavy (non-hydrogen) atoms.